The highest BCUT2D eigenvalue weighted by atomic mass is 16.5. The first-order valence-corrected chi connectivity index (χ1v) is 7.67. The predicted octanol–water partition coefficient (Wildman–Crippen LogP) is 2.28. The maximum atomic E-state index is 9.98. The SMILES string of the molecule is CC(C)OCC(O)CN1CCC2CCCCC2C1. The van der Waals surface area contributed by atoms with Crippen LogP contribution in [0.25, 0.3) is 0 Å². The monoisotopic (exact) mass is 255 g/mol. The van der Waals surface area contributed by atoms with Gasteiger partial charge in [-0.15, -0.1) is 0 Å². The number of nitrogens with zero attached hydrogens (tertiary/aromatic N) is 1. The molecule has 18 heavy (non-hydrogen) atoms. The van der Waals surface area contributed by atoms with Crippen molar-refractivity contribution in [2.24, 2.45) is 11.8 Å². The number of rotatable bonds is 5. The van der Waals surface area contributed by atoms with E-state index in [1.165, 1.54) is 45.2 Å². The maximum Gasteiger partial charge on any atom is 0.0900 e. The van der Waals surface area contributed by atoms with Crippen LogP contribution in [0.3, 0.4) is 0 Å². The highest BCUT2D eigenvalue weighted by Gasteiger charge is 2.31. The summed E-state index contributed by atoms with van der Waals surface area (Å²) >= 11 is 0. The molecule has 3 atom stereocenters. The molecular formula is C15H29NO2. The zero-order valence-corrected chi connectivity index (χ0v) is 12.0. The molecular weight excluding hydrogens is 226 g/mol. The Kier molecular flexibility index (Phi) is 5.46. The minimum Gasteiger partial charge on any atom is -0.389 e. The van der Waals surface area contributed by atoms with Crippen molar-refractivity contribution >= 4 is 0 Å². The molecule has 0 aromatic carbocycles. The minimum absolute atomic E-state index is 0.212. The van der Waals surface area contributed by atoms with Crippen molar-refractivity contribution in [2.45, 2.75) is 58.2 Å². The predicted molar refractivity (Wildman–Crippen MR) is 73.6 cm³/mol. The number of fused-ring (bicyclic) bond motifs is 1. The number of β-amino-alcohol motifs (C(OH)–C–C–N with tert-alkyl or cyclic N) is 1. The molecule has 0 spiro atoms. The first kappa shape index (κ1) is 14.3. The minimum atomic E-state index is -0.326. The van der Waals surface area contributed by atoms with E-state index in [4.69, 9.17) is 4.74 Å². The Morgan fingerprint density at radius 2 is 1.89 bits per heavy atom. The molecule has 0 amide bonds. The Bertz CT molecular complexity index is 245. The van der Waals surface area contributed by atoms with Crippen molar-refractivity contribution < 1.29 is 9.84 Å². The summed E-state index contributed by atoms with van der Waals surface area (Å²) in [4.78, 5) is 2.45. The zero-order valence-electron chi connectivity index (χ0n) is 12.0. The van der Waals surface area contributed by atoms with Crippen molar-refractivity contribution in [1.82, 2.24) is 4.90 Å². The van der Waals surface area contributed by atoms with Gasteiger partial charge in [0.1, 0.15) is 0 Å². The number of aliphatic hydroxyl groups excluding tert-OH is 1. The molecule has 0 bridgehead atoms. The summed E-state index contributed by atoms with van der Waals surface area (Å²) in [5.74, 6) is 1.87. The second-order valence-corrected chi connectivity index (χ2v) is 6.39. The van der Waals surface area contributed by atoms with E-state index in [1.54, 1.807) is 0 Å². The van der Waals surface area contributed by atoms with E-state index in [0.717, 1.165) is 18.4 Å². The van der Waals surface area contributed by atoms with Crippen molar-refractivity contribution in [2.75, 3.05) is 26.2 Å². The molecule has 1 heterocycles. The first-order valence-electron chi connectivity index (χ1n) is 7.67. The number of aliphatic hydroxyl groups is 1. The van der Waals surface area contributed by atoms with Gasteiger partial charge in [0.15, 0.2) is 0 Å². The zero-order chi connectivity index (χ0) is 13.0. The number of likely N-dealkylation sites (tertiary alicyclic amines) is 1. The van der Waals surface area contributed by atoms with Crippen molar-refractivity contribution in [3.05, 3.63) is 0 Å². The summed E-state index contributed by atoms with van der Waals surface area (Å²) < 4.78 is 5.48. The van der Waals surface area contributed by atoms with Crippen LogP contribution in [0.5, 0.6) is 0 Å². The molecule has 3 nitrogen and oxygen atoms in total. The van der Waals surface area contributed by atoms with E-state index >= 15 is 0 Å². The maximum absolute atomic E-state index is 9.98. The average molecular weight is 255 g/mol. The summed E-state index contributed by atoms with van der Waals surface area (Å²) in [5.41, 5.74) is 0. The lowest BCUT2D eigenvalue weighted by Crippen LogP contribution is -2.45. The lowest BCUT2D eigenvalue weighted by molar-refractivity contribution is -0.0201. The Balaban J connectivity index is 1.70. The van der Waals surface area contributed by atoms with E-state index in [0.29, 0.717) is 6.61 Å². The molecule has 1 saturated carbocycles. The van der Waals surface area contributed by atoms with Crippen molar-refractivity contribution in [3.63, 3.8) is 0 Å². The van der Waals surface area contributed by atoms with Crippen LogP contribution >= 0.6 is 0 Å². The largest absolute Gasteiger partial charge is 0.389 e. The smallest absolute Gasteiger partial charge is 0.0900 e. The van der Waals surface area contributed by atoms with E-state index in [-0.39, 0.29) is 12.2 Å². The molecule has 0 radical (unpaired) electrons. The lowest BCUT2D eigenvalue weighted by Gasteiger charge is -2.41. The Labute approximate surface area is 112 Å². The summed E-state index contributed by atoms with van der Waals surface area (Å²) in [7, 11) is 0. The summed E-state index contributed by atoms with van der Waals surface area (Å²) in [5, 5.41) is 9.98. The van der Waals surface area contributed by atoms with Crippen LogP contribution in [0.15, 0.2) is 0 Å². The quantitative estimate of drug-likeness (QED) is 0.818. The third kappa shape index (κ3) is 4.22. The Hall–Kier alpha value is -0.120. The van der Waals surface area contributed by atoms with Gasteiger partial charge in [0.05, 0.1) is 18.8 Å². The van der Waals surface area contributed by atoms with Gasteiger partial charge >= 0.3 is 0 Å². The van der Waals surface area contributed by atoms with Gasteiger partial charge in [-0.05, 0) is 45.1 Å². The number of hydrogen-bond acceptors (Lipinski definition) is 3. The van der Waals surface area contributed by atoms with E-state index in [2.05, 4.69) is 4.90 Å². The summed E-state index contributed by atoms with van der Waals surface area (Å²) in [6.45, 7) is 7.65. The topological polar surface area (TPSA) is 32.7 Å². The third-order valence-electron chi connectivity index (χ3n) is 4.47. The van der Waals surface area contributed by atoms with Crippen molar-refractivity contribution in [1.29, 1.82) is 0 Å². The Morgan fingerprint density at radius 1 is 1.17 bits per heavy atom. The fourth-order valence-corrected chi connectivity index (χ4v) is 3.50. The fraction of sp³-hybridized carbons (Fsp3) is 1.00. The van der Waals surface area contributed by atoms with Gasteiger partial charge in [-0.3, -0.25) is 0 Å². The molecule has 2 fully saturated rings. The number of piperidine rings is 1. The van der Waals surface area contributed by atoms with E-state index in [1.807, 2.05) is 13.8 Å². The normalized spacial score (nSPS) is 31.3. The van der Waals surface area contributed by atoms with E-state index in [9.17, 15) is 5.11 Å². The van der Waals surface area contributed by atoms with Crippen LogP contribution < -0.4 is 0 Å². The molecule has 1 aliphatic heterocycles. The third-order valence-corrected chi connectivity index (χ3v) is 4.47. The highest BCUT2D eigenvalue weighted by molar-refractivity contribution is 4.84. The summed E-state index contributed by atoms with van der Waals surface area (Å²) in [6, 6.07) is 0. The molecule has 1 N–H and O–H groups in total. The lowest BCUT2D eigenvalue weighted by atomic mass is 9.75. The second kappa shape index (κ2) is 6.88. The van der Waals surface area contributed by atoms with Crippen LogP contribution in [0.2, 0.25) is 0 Å². The van der Waals surface area contributed by atoms with Crippen LogP contribution in [0, 0.1) is 11.8 Å². The Morgan fingerprint density at radius 3 is 2.61 bits per heavy atom. The molecule has 2 aliphatic rings. The second-order valence-electron chi connectivity index (χ2n) is 6.39. The van der Waals surface area contributed by atoms with Gasteiger partial charge < -0.3 is 14.7 Å². The molecule has 0 aromatic heterocycles. The van der Waals surface area contributed by atoms with Gasteiger partial charge in [0, 0.05) is 13.1 Å². The summed E-state index contributed by atoms with van der Waals surface area (Å²) in [6.07, 6.45) is 6.91. The molecule has 1 aliphatic carbocycles. The fourth-order valence-electron chi connectivity index (χ4n) is 3.50. The number of ether oxygens (including phenoxy) is 1. The molecule has 3 unspecified atom stereocenters. The van der Waals surface area contributed by atoms with Gasteiger partial charge in [-0.2, -0.15) is 0 Å². The molecule has 1 saturated heterocycles. The average Bonchev–Trinajstić information content (AvgIpc) is 2.36. The van der Waals surface area contributed by atoms with Gasteiger partial charge in [0.25, 0.3) is 0 Å². The molecule has 0 aromatic rings. The van der Waals surface area contributed by atoms with Crippen LogP contribution in [-0.4, -0.2) is 48.5 Å². The molecule has 106 valence electrons. The van der Waals surface area contributed by atoms with Gasteiger partial charge in [-0.1, -0.05) is 19.3 Å². The molecule has 2 rings (SSSR count). The first-order chi connectivity index (χ1) is 8.65. The number of hydrogen-bond donors (Lipinski definition) is 1. The standard InChI is InChI=1S/C15H29NO2/c1-12(2)18-11-15(17)10-16-8-7-13-5-3-4-6-14(13)9-16/h12-15,17H,3-11H2,1-2H3. The van der Waals surface area contributed by atoms with Gasteiger partial charge in [0.2, 0.25) is 0 Å². The van der Waals surface area contributed by atoms with E-state index < -0.39 is 0 Å². The molecule has 3 heteroatoms. The van der Waals surface area contributed by atoms with Gasteiger partial charge in [-0.25, -0.2) is 0 Å². The van der Waals surface area contributed by atoms with Crippen LogP contribution in [-0.2, 0) is 4.74 Å². The van der Waals surface area contributed by atoms with Crippen LogP contribution in [0.1, 0.15) is 46.0 Å². The van der Waals surface area contributed by atoms with Crippen LogP contribution in [0.4, 0.5) is 0 Å². The highest BCUT2D eigenvalue weighted by Crippen LogP contribution is 2.35. The van der Waals surface area contributed by atoms with Crippen molar-refractivity contribution in [3.8, 4) is 0 Å².